The fourth-order valence-corrected chi connectivity index (χ4v) is 2.73. The number of hydrogen-bond acceptors (Lipinski definition) is 4. The molecule has 0 aromatic heterocycles. The number of piperazine rings is 1. The molecule has 1 heterocycles. The summed E-state index contributed by atoms with van der Waals surface area (Å²) in [7, 11) is 0. The molecule has 1 saturated heterocycles. The highest BCUT2D eigenvalue weighted by Crippen LogP contribution is 2.10. The van der Waals surface area contributed by atoms with E-state index in [9.17, 15) is 5.11 Å². The molecule has 108 valence electrons. The second-order valence-electron chi connectivity index (χ2n) is 6.22. The van der Waals surface area contributed by atoms with Crippen molar-refractivity contribution in [2.24, 2.45) is 5.92 Å². The first-order valence-corrected chi connectivity index (χ1v) is 7.29. The van der Waals surface area contributed by atoms with Gasteiger partial charge in [0.25, 0.3) is 0 Å². The van der Waals surface area contributed by atoms with Gasteiger partial charge < -0.3 is 15.3 Å². The summed E-state index contributed by atoms with van der Waals surface area (Å²) in [6.07, 6.45) is 0. The number of nitrogens with zero attached hydrogens (tertiary/aromatic N) is 2. The molecule has 1 rings (SSSR count). The van der Waals surface area contributed by atoms with Gasteiger partial charge in [0.1, 0.15) is 0 Å². The second kappa shape index (κ2) is 7.43. The number of likely N-dealkylation sites (N-methyl/N-ethyl adjacent to an activating group) is 1. The van der Waals surface area contributed by atoms with Crippen LogP contribution in [0.4, 0.5) is 0 Å². The molecule has 1 atom stereocenters. The molecule has 0 bridgehead atoms. The van der Waals surface area contributed by atoms with E-state index < -0.39 is 0 Å². The van der Waals surface area contributed by atoms with Crippen molar-refractivity contribution in [3.63, 3.8) is 0 Å². The highest BCUT2D eigenvalue weighted by molar-refractivity contribution is 4.87. The van der Waals surface area contributed by atoms with E-state index >= 15 is 0 Å². The largest absolute Gasteiger partial charge is 0.394 e. The van der Waals surface area contributed by atoms with E-state index in [2.05, 4.69) is 42.8 Å². The third-order valence-electron chi connectivity index (χ3n) is 3.61. The Morgan fingerprint density at radius 2 is 1.72 bits per heavy atom. The number of rotatable bonds is 7. The maximum atomic E-state index is 9.52. The summed E-state index contributed by atoms with van der Waals surface area (Å²) in [6.45, 7) is 16.6. The van der Waals surface area contributed by atoms with Gasteiger partial charge in [-0.3, -0.25) is 4.90 Å². The van der Waals surface area contributed by atoms with Gasteiger partial charge in [-0.2, -0.15) is 0 Å². The van der Waals surface area contributed by atoms with Gasteiger partial charge in [0, 0.05) is 39.3 Å². The van der Waals surface area contributed by atoms with Crippen LogP contribution >= 0.6 is 0 Å². The van der Waals surface area contributed by atoms with Gasteiger partial charge in [0.15, 0.2) is 0 Å². The lowest BCUT2D eigenvalue weighted by Gasteiger charge is -2.40. The standard InChI is InChI=1S/C14H31N3O/c1-5-15-14(4,12-18)11-17-8-6-16(7-9-17)10-13(2)3/h13,15,18H,5-12H2,1-4H3. The molecule has 1 unspecified atom stereocenters. The Morgan fingerprint density at radius 1 is 1.17 bits per heavy atom. The molecule has 0 aromatic carbocycles. The van der Waals surface area contributed by atoms with Gasteiger partial charge in [-0.25, -0.2) is 0 Å². The van der Waals surface area contributed by atoms with Crippen molar-refractivity contribution in [1.82, 2.24) is 15.1 Å². The molecule has 1 aliphatic heterocycles. The van der Waals surface area contributed by atoms with Crippen molar-refractivity contribution in [1.29, 1.82) is 0 Å². The van der Waals surface area contributed by atoms with Crippen molar-refractivity contribution in [3.05, 3.63) is 0 Å². The van der Waals surface area contributed by atoms with E-state index in [1.807, 2.05) is 0 Å². The van der Waals surface area contributed by atoms with E-state index in [0.717, 1.165) is 45.2 Å². The smallest absolute Gasteiger partial charge is 0.0623 e. The molecular formula is C14H31N3O. The Morgan fingerprint density at radius 3 is 2.17 bits per heavy atom. The third-order valence-corrected chi connectivity index (χ3v) is 3.61. The quantitative estimate of drug-likeness (QED) is 0.701. The molecule has 0 amide bonds. The SMILES string of the molecule is CCNC(C)(CO)CN1CCN(CC(C)C)CC1. The van der Waals surface area contributed by atoms with Gasteiger partial charge in [0.2, 0.25) is 0 Å². The van der Waals surface area contributed by atoms with Crippen LogP contribution in [-0.2, 0) is 0 Å². The second-order valence-corrected chi connectivity index (χ2v) is 6.22. The first-order valence-electron chi connectivity index (χ1n) is 7.29. The van der Waals surface area contributed by atoms with Crippen LogP contribution in [0.2, 0.25) is 0 Å². The zero-order valence-electron chi connectivity index (χ0n) is 12.6. The van der Waals surface area contributed by atoms with Crippen molar-refractivity contribution in [2.75, 3.05) is 52.4 Å². The van der Waals surface area contributed by atoms with Gasteiger partial charge in [-0.05, 0) is 19.4 Å². The fraction of sp³-hybridized carbons (Fsp3) is 1.00. The highest BCUT2D eigenvalue weighted by Gasteiger charge is 2.27. The maximum absolute atomic E-state index is 9.52. The van der Waals surface area contributed by atoms with Crippen LogP contribution in [0.15, 0.2) is 0 Å². The number of aliphatic hydroxyl groups is 1. The molecule has 0 aromatic rings. The van der Waals surface area contributed by atoms with E-state index in [1.54, 1.807) is 0 Å². The van der Waals surface area contributed by atoms with E-state index in [0.29, 0.717) is 0 Å². The summed E-state index contributed by atoms with van der Waals surface area (Å²) >= 11 is 0. The first kappa shape index (κ1) is 15.9. The molecule has 0 spiro atoms. The van der Waals surface area contributed by atoms with Gasteiger partial charge in [-0.15, -0.1) is 0 Å². The van der Waals surface area contributed by atoms with Gasteiger partial charge in [0.05, 0.1) is 12.1 Å². The Bertz CT molecular complexity index is 227. The lowest BCUT2D eigenvalue weighted by atomic mass is 10.0. The summed E-state index contributed by atoms with van der Waals surface area (Å²) in [5, 5.41) is 12.9. The summed E-state index contributed by atoms with van der Waals surface area (Å²) in [6, 6.07) is 0. The average molecular weight is 257 g/mol. The molecule has 2 N–H and O–H groups in total. The monoisotopic (exact) mass is 257 g/mol. The van der Waals surface area contributed by atoms with Crippen LogP contribution < -0.4 is 5.32 Å². The van der Waals surface area contributed by atoms with E-state index in [4.69, 9.17) is 0 Å². The Hall–Kier alpha value is -0.160. The summed E-state index contributed by atoms with van der Waals surface area (Å²) < 4.78 is 0. The molecule has 18 heavy (non-hydrogen) atoms. The van der Waals surface area contributed by atoms with Crippen LogP contribution in [-0.4, -0.2) is 72.9 Å². The molecular weight excluding hydrogens is 226 g/mol. The molecule has 1 fully saturated rings. The topological polar surface area (TPSA) is 38.7 Å². The van der Waals surface area contributed by atoms with Crippen LogP contribution in [0.25, 0.3) is 0 Å². The van der Waals surface area contributed by atoms with Crippen molar-refractivity contribution >= 4 is 0 Å². The van der Waals surface area contributed by atoms with Gasteiger partial charge in [-0.1, -0.05) is 20.8 Å². The highest BCUT2D eigenvalue weighted by atomic mass is 16.3. The zero-order chi connectivity index (χ0) is 13.6. The van der Waals surface area contributed by atoms with Crippen molar-refractivity contribution < 1.29 is 5.11 Å². The number of nitrogens with one attached hydrogen (secondary N) is 1. The first-order chi connectivity index (χ1) is 8.49. The van der Waals surface area contributed by atoms with Crippen LogP contribution in [0.1, 0.15) is 27.7 Å². The third kappa shape index (κ3) is 5.22. The minimum absolute atomic E-state index is 0.158. The van der Waals surface area contributed by atoms with Crippen molar-refractivity contribution in [3.8, 4) is 0 Å². The fourth-order valence-electron chi connectivity index (χ4n) is 2.73. The zero-order valence-corrected chi connectivity index (χ0v) is 12.6. The van der Waals surface area contributed by atoms with Gasteiger partial charge >= 0.3 is 0 Å². The maximum Gasteiger partial charge on any atom is 0.0623 e. The van der Waals surface area contributed by atoms with E-state index in [1.165, 1.54) is 6.54 Å². The Balaban J connectivity index is 2.34. The molecule has 0 aliphatic carbocycles. The van der Waals surface area contributed by atoms with E-state index in [-0.39, 0.29) is 12.1 Å². The summed E-state index contributed by atoms with van der Waals surface area (Å²) in [5.74, 6) is 0.751. The Kier molecular flexibility index (Phi) is 6.57. The lowest BCUT2D eigenvalue weighted by molar-refractivity contribution is 0.0752. The molecule has 0 radical (unpaired) electrons. The minimum Gasteiger partial charge on any atom is -0.394 e. The molecule has 1 aliphatic rings. The minimum atomic E-state index is -0.158. The molecule has 0 saturated carbocycles. The van der Waals surface area contributed by atoms with Crippen molar-refractivity contribution in [2.45, 2.75) is 33.2 Å². The summed E-state index contributed by atoms with van der Waals surface area (Å²) in [4.78, 5) is 5.01. The van der Waals surface area contributed by atoms with Crippen LogP contribution in [0, 0.1) is 5.92 Å². The Labute approximate surface area is 112 Å². The number of hydrogen-bond donors (Lipinski definition) is 2. The normalized spacial score (nSPS) is 22.3. The average Bonchev–Trinajstić information content (AvgIpc) is 2.31. The summed E-state index contributed by atoms with van der Waals surface area (Å²) in [5.41, 5.74) is -0.158. The predicted molar refractivity (Wildman–Crippen MR) is 76.9 cm³/mol. The molecule has 4 nitrogen and oxygen atoms in total. The van der Waals surface area contributed by atoms with Crippen LogP contribution in [0.5, 0.6) is 0 Å². The lowest BCUT2D eigenvalue weighted by Crippen LogP contribution is -2.57. The van der Waals surface area contributed by atoms with Crippen LogP contribution in [0.3, 0.4) is 0 Å². The predicted octanol–water partition coefficient (Wildman–Crippen LogP) is 0.621. The molecule has 4 heteroatoms. The number of aliphatic hydroxyl groups excluding tert-OH is 1.